The van der Waals surface area contributed by atoms with Crippen LogP contribution in [0.2, 0.25) is 5.02 Å². The Morgan fingerprint density at radius 2 is 1.47 bits per heavy atom. The summed E-state index contributed by atoms with van der Waals surface area (Å²) in [6.45, 7) is 7.62. The Hall–Kier alpha value is -2.85. The summed E-state index contributed by atoms with van der Waals surface area (Å²) in [6, 6.07) is 27.0. The van der Waals surface area contributed by atoms with Gasteiger partial charge >= 0.3 is 13.8 Å². The van der Waals surface area contributed by atoms with Gasteiger partial charge in [-0.2, -0.15) is 14.2 Å². The lowest BCUT2D eigenvalue weighted by atomic mass is 9.99. The first kappa shape index (κ1) is 24.3. The number of carbonyl (C=O) groups excluding carboxylic acids is 1. The van der Waals surface area contributed by atoms with Crippen LogP contribution in [-0.2, 0) is 16.0 Å². The fourth-order valence-corrected chi connectivity index (χ4v) is 7.60. The number of para-hydroxylation sites is 2. The molecule has 1 heterocycles. The molecule has 1 fully saturated rings. The predicted molar refractivity (Wildman–Crippen MR) is 141 cm³/mol. The van der Waals surface area contributed by atoms with E-state index in [4.69, 9.17) is 16.3 Å². The van der Waals surface area contributed by atoms with Crippen LogP contribution in [0.25, 0.3) is 0 Å². The number of ether oxygens (including phenoxy) is 1. The lowest BCUT2D eigenvalue weighted by Crippen LogP contribution is -2.32. The Labute approximate surface area is 206 Å². The summed E-state index contributed by atoms with van der Waals surface area (Å²) in [5.41, 5.74) is 2.71. The first-order valence-electron chi connectivity index (χ1n) is 11.3. The Morgan fingerprint density at radius 3 is 1.94 bits per heavy atom. The van der Waals surface area contributed by atoms with Gasteiger partial charge in [0, 0.05) is 5.02 Å². The average molecular weight is 496 g/mol. The van der Waals surface area contributed by atoms with E-state index < -0.39 is 13.7 Å². The molecule has 34 heavy (non-hydrogen) atoms. The summed E-state index contributed by atoms with van der Waals surface area (Å²) in [6.07, 6.45) is 0.363. The summed E-state index contributed by atoms with van der Waals surface area (Å²) < 4.78 is 9.47. The number of hydrogen-bond donors (Lipinski definition) is 1. The smallest absolute Gasteiger partial charge is 0.362 e. The molecule has 3 aromatic rings. The fraction of sp³-hybridized carbons (Fsp3) is 0.222. The maximum atomic E-state index is 13.2. The second-order valence-corrected chi connectivity index (χ2v) is 11.2. The van der Waals surface area contributed by atoms with Crippen molar-refractivity contribution in [1.29, 1.82) is 0 Å². The SMILES string of the molecule is C=C(C(Cc1ccc(Cl)cc1)C(=O)OCC)[P+]1(O)N(c2ccccc2)CCN1c1ccccc1. The predicted octanol–water partition coefficient (Wildman–Crippen LogP) is 6.36. The molecule has 5 nitrogen and oxygen atoms in total. The number of halogens is 1. The molecule has 4 rings (SSSR count). The second kappa shape index (κ2) is 10.6. The van der Waals surface area contributed by atoms with E-state index >= 15 is 0 Å². The number of carbonyl (C=O) groups is 1. The zero-order valence-corrected chi connectivity index (χ0v) is 20.8. The summed E-state index contributed by atoms with van der Waals surface area (Å²) in [5, 5.41) is 1.11. The van der Waals surface area contributed by atoms with E-state index in [9.17, 15) is 9.69 Å². The van der Waals surface area contributed by atoms with Crippen molar-refractivity contribution in [1.82, 2.24) is 0 Å². The molecular weight excluding hydrogens is 467 g/mol. The van der Waals surface area contributed by atoms with Crippen molar-refractivity contribution in [3.05, 3.63) is 107 Å². The minimum atomic E-state index is -3.21. The Balaban J connectivity index is 1.78. The Morgan fingerprint density at radius 1 is 0.971 bits per heavy atom. The van der Waals surface area contributed by atoms with E-state index in [-0.39, 0.29) is 12.6 Å². The van der Waals surface area contributed by atoms with Crippen molar-refractivity contribution in [2.45, 2.75) is 13.3 Å². The number of anilines is 2. The monoisotopic (exact) mass is 495 g/mol. The van der Waals surface area contributed by atoms with E-state index in [0.717, 1.165) is 16.9 Å². The third-order valence-electron chi connectivity index (χ3n) is 6.02. The molecule has 1 aliphatic rings. The second-order valence-electron chi connectivity index (χ2n) is 8.11. The molecule has 1 aliphatic heterocycles. The number of hydrogen-bond acceptors (Lipinski definition) is 5. The van der Waals surface area contributed by atoms with Gasteiger partial charge in [-0.05, 0) is 55.3 Å². The van der Waals surface area contributed by atoms with Crippen LogP contribution in [0.1, 0.15) is 12.5 Å². The lowest BCUT2D eigenvalue weighted by Gasteiger charge is -2.34. The molecule has 176 valence electrons. The van der Waals surface area contributed by atoms with Crippen LogP contribution in [0.15, 0.2) is 96.8 Å². The number of esters is 1. The van der Waals surface area contributed by atoms with E-state index in [1.54, 1.807) is 19.1 Å². The molecule has 1 unspecified atom stereocenters. The molecule has 0 aliphatic carbocycles. The number of rotatable bonds is 8. The van der Waals surface area contributed by atoms with Gasteiger partial charge in [0.05, 0.1) is 31.1 Å². The normalized spacial score (nSPS) is 15.7. The van der Waals surface area contributed by atoms with Gasteiger partial charge in [0.2, 0.25) is 0 Å². The maximum absolute atomic E-state index is 13.2. The van der Waals surface area contributed by atoms with Gasteiger partial charge in [-0.3, -0.25) is 4.79 Å². The summed E-state index contributed by atoms with van der Waals surface area (Å²) in [7, 11) is -3.21. The van der Waals surface area contributed by atoms with Crippen LogP contribution in [0.3, 0.4) is 0 Å². The van der Waals surface area contributed by atoms with Crippen molar-refractivity contribution in [3.8, 4) is 0 Å². The lowest BCUT2D eigenvalue weighted by molar-refractivity contribution is -0.146. The molecule has 3 aromatic carbocycles. The Bertz CT molecular complexity index is 1080. The van der Waals surface area contributed by atoms with Crippen LogP contribution in [0.5, 0.6) is 0 Å². The summed E-state index contributed by atoms with van der Waals surface area (Å²) in [5.74, 6) is -1.10. The highest BCUT2D eigenvalue weighted by molar-refractivity contribution is 7.77. The van der Waals surface area contributed by atoms with E-state index in [1.807, 2.05) is 82.1 Å². The van der Waals surface area contributed by atoms with Gasteiger partial charge in [-0.25, -0.2) is 0 Å². The molecule has 7 heteroatoms. The van der Waals surface area contributed by atoms with Gasteiger partial charge < -0.3 is 4.74 Å². The summed E-state index contributed by atoms with van der Waals surface area (Å²) in [4.78, 5) is 25.7. The van der Waals surface area contributed by atoms with Crippen LogP contribution in [0, 0.1) is 5.92 Å². The Kier molecular flexibility index (Phi) is 7.57. The van der Waals surface area contributed by atoms with Gasteiger partial charge in [0.25, 0.3) is 0 Å². The third kappa shape index (κ3) is 4.83. The number of nitrogens with zero attached hydrogens (tertiary/aromatic N) is 2. The molecule has 1 N–H and O–H groups in total. The van der Waals surface area contributed by atoms with Crippen molar-refractivity contribution in [2.24, 2.45) is 5.92 Å². The minimum absolute atomic E-state index is 0.255. The van der Waals surface area contributed by atoms with Crippen LogP contribution >= 0.6 is 19.4 Å². The molecule has 1 atom stereocenters. The van der Waals surface area contributed by atoms with Crippen molar-refractivity contribution in [2.75, 3.05) is 29.0 Å². The average Bonchev–Trinajstić information content (AvgIpc) is 3.22. The molecule has 1 saturated heterocycles. The van der Waals surface area contributed by atoms with Crippen molar-refractivity contribution >= 4 is 36.7 Å². The van der Waals surface area contributed by atoms with Gasteiger partial charge in [0.1, 0.15) is 5.92 Å². The topological polar surface area (TPSA) is 53.0 Å². The van der Waals surface area contributed by atoms with Gasteiger partial charge in [0.15, 0.2) is 5.31 Å². The van der Waals surface area contributed by atoms with Crippen LogP contribution in [-0.4, -0.2) is 30.6 Å². The van der Waals surface area contributed by atoms with Crippen molar-refractivity contribution < 1.29 is 14.4 Å². The van der Waals surface area contributed by atoms with Crippen LogP contribution < -0.4 is 9.34 Å². The standard InChI is InChI=1S/C27H29ClN2O3P/c1-3-33-27(31)26(20-22-14-16-23(28)17-15-22)21(2)34(32)29(24-10-6-4-7-11-24)18-19-30(34)25-12-8-5-9-13-25/h4-17,26,32H,2-3,18-20H2,1H3/q+1. The number of benzene rings is 3. The molecule has 0 saturated carbocycles. The highest BCUT2D eigenvalue weighted by atomic mass is 35.5. The highest BCUT2D eigenvalue weighted by Crippen LogP contribution is 2.73. The van der Waals surface area contributed by atoms with E-state index in [0.29, 0.717) is 29.8 Å². The summed E-state index contributed by atoms with van der Waals surface area (Å²) >= 11 is 6.07. The molecule has 0 bridgehead atoms. The zero-order valence-electron chi connectivity index (χ0n) is 19.2. The van der Waals surface area contributed by atoms with Gasteiger partial charge in [-0.1, -0.05) is 66.7 Å². The highest BCUT2D eigenvalue weighted by Gasteiger charge is 2.61. The molecular formula is C27H29ClN2O3P+. The van der Waals surface area contributed by atoms with E-state index in [2.05, 4.69) is 6.58 Å². The van der Waals surface area contributed by atoms with Crippen molar-refractivity contribution in [3.63, 3.8) is 0 Å². The zero-order chi connectivity index (χ0) is 24.1. The first-order chi connectivity index (χ1) is 16.4. The first-order valence-corrected chi connectivity index (χ1v) is 13.4. The minimum Gasteiger partial charge on any atom is -0.465 e. The van der Waals surface area contributed by atoms with E-state index in [1.165, 1.54) is 0 Å². The molecule has 0 amide bonds. The van der Waals surface area contributed by atoms with Gasteiger partial charge in [-0.15, -0.1) is 0 Å². The molecule has 0 spiro atoms. The fourth-order valence-electron chi connectivity index (χ4n) is 4.33. The van der Waals surface area contributed by atoms with Crippen LogP contribution in [0.4, 0.5) is 11.4 Å². The molecule has 0 aromatic heterocycles. The molecule has 0 radical (unpaired) electrons. The quantitative estimate of drug-likeness (QED) is 0.291. The third-order valence-corrected chi connectivity index (χ3v) is 9.56. The maximum Gasteiger partial charge on any atom is 0.362 e. The largest absolute Gasteiger partial charge is 0.465 e.